The van der Waals surface area contributed by atoms with Gasteiger partial charge < -0.3 is 5.11 Å². The Morgan fingerprint density at radius 1 is 1.33 bits per heavy atom. The zero-order valence-corrected chi connectivity index (χ0v) is 8.78. The Balaban J connectivity index is 2.28. The van der Waals surface area contributed by atoms with Crippen LogP contribution in [0, 0.1) is 0 Å². The highest BCUT2D eigenvalue weighted by atomic mass is 16.4. The van der Waals surface area contributed by atoms with E-state index in [1.165, 1.54) is 17.5 Å². The van der Waals surface area contributed by atoms with Crippen molar-refractivity contribution < 1.29 is 9.90 Å². The van der Waals surface area contributed by atoms with E-state index < -0.39 is 5.97 Å². The Hall–Kier alpha value is -1.31. The Morgan fingerprint density at radius 2 is 2.13 bits per heavy atom. The van der Waals surface area contributed by atoms with Gasteiger partial charge in [-0.25, -0.2) is 0 Å². The highest BCUT2D eigenvalue weighted by Gasteiger charge is 2.20. The number of aryl methyl sites for hydroxylation is 1. The fourth-order valence-corrected chi connectivity index (χ4v) is 2.44. The standard InChI is InChI=1S/C13H16O2/c14-13(15)9-11-7-2-1-5-10-6-3-4-8-12(10)11/h3-4,6,8,11H,1-2,5,7,9H2,(H,14,15)/t11-/m1/s1. The molecular weight excluding hydrogens is 188 g/mol. The molecule has 2 nitrogen and oxygen atoms in total. The van der Waals surface area contributed by atoms with Crippen LogP contribution in [0.25, 0.3) is 0 Å². The minimum atomic E-state index is -0.684. The molecule has 0 bridgehead atoms. The van der Waals surface area contributed by atoms with Gasteiger partial charge in [0, 0.05) is 0 Å². The molecule has 0 aromatic heterocycles. The number of fused-ring (bicyclic) bond motifs is 1. The predicted molar refractivity (Wildman–Crippen MR) is 59.0 cm³/mol. The smallest absolute Gasteiger partial charge is 0.303 e. The minimum Gasteiger partial charge on any atom is -0.481 e. The van der Waals surface area contributed by atoms with E-state index in [1.807, 2.05) is 12.1 Å². The summed E-state index contributed by atoms with van der Waals surface area (Å²) in [4.78, 5) is 10.8. The van der Waals surface area contributed by atoms with Gasteiger partial charge in [-0.05, 0) is 36.3 Å². The van der Waals surface area contributed by atoms with Gasteiger partial charge in [0.2, 0.25) is 0 Å². The molecule has 0 heterocycles. The molecule has 2 heteroatoms. The molecule has 0 radical (unpaired) electrons. The summed E-state index contributed by atoms with van der Waals surface area (Å²) in [5, 5.41) is 8.88. The van der Waals surface area contributed by atoms with Gasteiger partial charge in [-0.2, -0.15) is 0 Å². The number of benzene rings is 1. The molecule has 0 saturated carbocycles. The van der Waals surface area contributed by atoms with Crippen molar-refractivity contribution in [1.82, 2.24) is 0 Å². The van der Waals surface area contributed by atoms with Gasteiger partial charge >= 0.3 is 5.97 Å². The van der Waals surface area contributed by atoms with Gasteiger partial charge in [0.15, 0.2) is 0 Å². The van der Waals surface area contributed by atoms with Gasteiger partial charge in [-0.1, -0.05) is 30.7 Å². The van der Waals surface area contributed by atoms with Crippen molar-refractivity contribution in [1.29, 1.82) is 0 Å². The number of rotatable bonds is 2. The average Bonchev–Trinajstić information content (AvgIpc) is 2.41. The molecule has 1 aromatic carbocycles. The molecule has 1 aliphatic rings. The third kappa shape index (κ3) is 2.38. The summed E-state index contributed by atoms with van der Waals surface area (Å²) in [5.41, 5.74) is 2.61. The van der Waals surface area contributed by atoms with E-state index in [4.69, 9.17) is 5.11 Å². The van der Waals surface area contributed by atoms with Crippen molar-refractivity contribution in [2.24, 2.45) is 0 Å². The van der Waals surface area contributed by atoms with E-state index in [2.05, 4.69) is 12.1 Å². The highest BCUT2D eigenvalue weighted by Crippen LogP contribution is 2.32. The number of carboxylic acids is 1. The van der Waals surface area contributed by atoms with E-state index in [0.29, 0.717) is 0 Å². The summed E-state index contributed by atoms with van der Waals surface area (Å²) in [6.07, 6.45) is 4.73. The Morgan fingerprint density at radius 3 is 2.93 bits per heavy atom. The molecular formula is C13H16O2. The second-order valence-corrected chi connectivity index (χ2v) is 4.24. The molecule has 15 heavy (non-hydrogen) atoms. The first-order valence-corrected chi connectivity index (χ1v) is 5.57. The SMILES string of the molecule is O=C(O)C[C@H]1CCCCc2ccccc21. The molecule has 80 valence electrons. The van der Waals surface area contributed by atoms with E-state index in [9.17, 15) is 4.79 Å². The number of carbonyl (C=O) groups is 1. The normalized spacial score (nSPS) is 20.4. The van der Waals surface area contributed by atoms with Crippen LogP contribution in [0.5, 0.6) is 0 Å². The molecule has 2 rings (SSSR count). The monoisotopic (exact) mass is 204 g/mol. The number of hydrogen-bond acceptors (Lipinski definition) is 1. The highest BCUT2D eigenvalue weighted by molar-refractivity contribution is 5.68. The Bertz CT molecular complexity index is 357. The van der Waals surface area contributed by atoms with Crippen molar-refractivity contribution in [2.45, 2.75) is 38.0 Å². The van der Waals surface area contributed by atoms with Crippen LogP contribution in [0.15, 0.2) is 24.3 Å². The van der Waals surface area contributed by atoms with Crippen molar-refractivity contribution in [3.05, 3.63) is 35.4 Å². The minimum absolute atomic E-state index is 0.223. The first kappa shape index (κ1) is 10.2. The summed E-state index contributed by atoms with van der Waals surface area (Å²) in [6, 6.07) is 8.28. The van der Waals surface area contributed by atoms with Crippen LogP contribution in [0.2, 0.25) is 0 Å². The van der Waals surface area contributed by atoms with Crippen LogP contribution in [0.1, 0.15) is 42.7 Å². The lowest BCUT2D eigenvalue weighted by molar-refractivity contribution is -0.137. The van der Waals surface area contributed by atoms with Gasteiger partial charge in [-0.3, -0.25) is 4.79 Å². The maximum atomic E-state index is 10.8. The molecule has 0 saturated heterocycles. The molecule has 1 atom stereocenters. The molecule has 0 unspecified atom stereocenters. The fraction of sp³-hybridized carbons (Fsp3) is 0.462. The Kier molecular flexibility index (Phi) is 3.05. The predicted octanol–water partition coefficient (Wildman–Crippen LogP) is 2.97. The van der Waals surface area contributed by atoms with Crippen LogP contribution >= 0.6 is 0 Å². The lowest BCUT2D eigenvalue weighted by atomic mass is 9.90. The maximum absolute atomic E-state index is 10.8. The first-order chi connectivity index (χ1) is 7.27. The number of hydrogen-bond donors (Lipinski definition) is 1. The molecule has 0 aliphatic heterocycles. The lowest BCUT2D eigenvalue weighted by Gasteiger charge is -2.15. The van der Waals surface area contributed by atoms with Gasteiger partial charge in [0.25, 0.3) is 0 Å². The summed E-state index contributed by atoms with van der Waals surface area (Å²) in [6.45, 7) is 0. The van der Waals surface area contributed by atoms with Gasteiger partial charge in [-0.15, -0.1) is 0 Å². The van der Waals surface area contributed by atoms with Crippen LogP contribution in [-0.2, 0) is 11.2 Å². The summed E-state index contributed by atoms with van der Waals surface area (Å²) in [7, 11) is 0. The van der Waals surface area contributed by atoms with Gasteiger partial charge in [0.1, 0.15) is 0 Å². The molecule has 1 N–H and O–H groups in total. The van der Waals surface area contributed by atoms with Crippen LogP contribution in [0.3, 0.4) is 0 Å². The molecule has 0 spiro atoms. The maximum Gasteiger partial charge on any atom is 0.303 e. The Labute approximate surface area is 89.9 Å². The van der Waals surface area contributed by atoms with Crippen LogP contribution < -0.4 is 0 Å². The summed E-state index contributed by atoms with van der Waals surface area (Å²) < 4.78 is 0. The van der Waals surface area contributed by atoms with E-state index in [0.717, 1.165) is 19.3 Å². The van der Waals surface area contributed by atoms with E-state index in [1.54, 1.807) is 0 Å². The zero-order chi connectivity index (χ0) is 10.7. The number of carboxylic acid groups (broad SMARTS) is 1. The van der Waals surface area contributed by atoms with Crippen molar-refractivity contribution in [2.75, 3.05) is 0 Å². The summed E-state index contributed by atoms with van der Waals surface area (Å²) in [5.74, 6) is -0.460. The third-order valence-corrected chi connectivity index (χ3v) is 3.16. The fourth-order valence-electron chi connectivity index (χ4n) is 2.44. The quantitative estimate of drug-likeness (QED) is 0.752. The molecule has 0 fully saturated rings. The van der Waals surface area contributed by atoms with Crippen molar-refractivity contribution in [3.63, 3.8) is 0 Å². The zero-order valence-electron chi connectivity index (χ0n) is 8.78. The topological polar surface area (TPSA) is 37.3 Å². The molecule has 1 aliphatic carbocycles. The second kappa shape index (κ2) is 4.47. The van der Waals surface area contributed by atoms with Crippen LogP contribution in [-0.4, -0.2) is 11.1 Å². The first-order valence-electron chi connectivity index (χ1n) is 5.57. The summed E-state index contributed by atoms with van der Waals surface area (Å²) >= 11 is 0. The second-order valence-electron chi connectivity index (χ2n) is 4.24. The van der Waals surface area contributed by atoms with Crippen molar-refractivity contribution >= 4 is 5.97 Å². The molecule has 0 amide bonds. The molecule has 1 aromatic rings. The third-order valence-electron chi connectivity index (χ3n) is 3.16. The number of aliphatic carboxylic acids is 1. The van der Waals surface area contributed by atoms with Crippen LogP contribution in [0.4, 0.5) is 0 Å². The average molecular weight is 204 g/mol. The van der Waals surface area contributed by atoms with Gasteiger partial charge in [0.05, 0.1) is 6.42 Å². The van der Waals surface area contributed by atoms with E-state index >= 15 is 0 Å². The lowest BCUT2D eigenvalue weighted by Crippen LogP contribution is -2.06. The van der Waals surface area contributed by atoms with Crippen molar-refractivity contribution in [3.8, 4) is 0 Å². The largest absolute Gasteiger partial charge is 0.481 e. The van der Waals surface area contributed by atoms with E-state index in [-0.39, 0.29) is 12.3 Å².